The van der Waals surface area contributed by atoms with E-state index in [2.05, 4.69) is 0 Å². The van der Waals surface area contributed by atoms with Crippen LogP contribution in [0.25, 0.3) is 0 Å². The summed E-state index contributed by atoms with van der Waals surface area (Å²) in [5, 5.41) is 0. The SMILES string of the molecule is COc1ccc2c(c1)OC(C1CCC1)C[C@@H]2N. The molecule has 3 rings (SSSR count). The quantitative estimate of drug-likeness (QED) is 0.854. The predicted molar refractivity (Wildman–Crippen MR) is 66.3 cm³/mol. The molecule has 0 amide bonds. The van der Waals surface area contributed by atoms with E-state index in [9.17, 15) is 0 Å². The number of ether oxygens (including phenoxy) is 2. The van der Waals surface area contributed by atoms with Gasteiger partial charge in [0.25, 0.3) is 0 Å². The molecular formula is C14H19NO2. The lowest BCUT2D eigenvalue weighted by molar-refractivity contribution is 0.0577. The van der Waals surface area contributed by atoms with Gasteiger partial charge in [0.2, 0.25) is 0 Å². The van der Waals surface area contributed by atoms with Gasteiger partial charge in [-0.2, -0.15) is 0 Å². The number of nitrogens with two attached hydrogens (primary N) is 1. The lowest BCUT2D eigenvalue weighted by Gasteiger charge is -2.39. The fourth-order valence-corrected chi connectivity index (χ4v) is 2.74. The Morgan fingerprint density at radius 3 is 2.82 bits per heavy atom. The highest BCUT2D eigenvalue weighted by Gasteiger charge is 2.34. The van der Waals surface area contributed by atoms with Crippen molar-refractivity contribution in [3.63, 3.8) is 0 Å². The molecule has 2 N–H and O–H groups in total. The molecule has 0 saturated heterocycles. The van der Waals surface area contributed by atoms with Gasteiger partial charge < -0.3 is 15.2 Å². The van der Waals surface area contributed by atoms with Gasteiger partial charge in [0.1, 0.15) is 17.6 Å². The first-order valence-electron chi connectivity index (χ1n) is 6.38. The normalized spacial score (nSPS) is 27.9. The van der Waals surface area contributed by atoms with E-state index in [-0.39, 0.29) is 6.04 Å². The second-order valence-corrected chi connectivity index (χ2v) is 5.09. The second kappa shape index (κ2) is 4.22. The van der Waals surface area contributed by atoms with Crippen molar-refractivity contribution in [1.29, 1.82) is 0 Å². The molecule has 17 heavy (non-hydrogen) atoms. The van der Waals surface area contributed by atoms with Crippen LogP contribution in [-0.2, 0) is 0 Å². The van der Waals surface area contributed by atoms with E-state index in [1.807, 2.05) is 18.2 Å². The van der Waals surface area contributed by atoms with Gasteiger partial charge in [-0.3, -0.25) is 0 Å². The van der Waals surface area contributed by atoms with E-state index in [0.717, 1.165) is 23.5 Å². The lowest BCUT2D eigenvalue weighted by atomic mass is 9.77. The summed E-state index contributed by atoms with van der Waals surface area (Å²) >= 11 is 0. The molecule has 0 aromatic heterocycles. The largest absolute Gasteiger partial charge is 0.497 e. The summed E-state index contributed by atoms with van der Waals surface area (Å²) in [6.07, 6.45) is 5.17. The fraction of sp³-hybridized carbons (Fsp3) is 0.571. The van der Waals surface area contributed by atoms with E-state index in [1.54, 1.807) is 7.11 Å². The Labute approximate surface area is 102 Å². The standard InChI is InChI=1S/C14H19NO2/c1-16-10-5-6-11-12(15)8-13(9-3-2-4-9)17-14(11)7-10/h5-7,9,12-13H,2-4,8,15H2,1H3/t12-,13?/m0/s1. The van der Waals surface area contributed by atoms with E-state index in [1.165, 1.54) is 19.3 Å². The van der Waals surface area contributed by atoms with E-state index < -0.39 is 0 Å². The zero-order chi connectivity index (χ0) is 11.8. The Bertz CT molecular complexity index is 415. The van der Waals surface area contributed by atoms with E-state index >= 15 is 0 Å². The van der Waals surface area contributed by atoms with E-state index in [4.69, 9.17) is 15.2 Å². The Morgan fingerprint density at radius 2 is 2.18 bits per heavy atom. The zero-order valence-electron chi connectivity index (χ0n) is 10.2. The zero-order valence-corrected chi connectivity index (χ0v) is 10.2. The average molecular weight is 233 g/mol. The Kier molecular flexibility index (Phi) is 2.71. The van der Waals surface area contributed by atoms with Crippen molar-refractivity contribution in [3.05, 3.63) is 23.8 Å². The molecule has 1 unspecified atom stereocenters. The maximum absolute atomic E-state index is 6.22. The monoisotopic (exact) mass is 233 g/mol. The van der Waals surface area contributed by atoms with Crippen molar-refractivity contribution in [3.8, 4) is 11.5 Å². The summed E-state index contributed by atoms with van der Waals surface area (Å²) in [4.78, 5) is 0. The number of fused-ring (bicyclic) bond motifs is 1. The van der Waals surface area contributed by atoms with Gasteiger partial charge >= 0.3 is 0 Å². The van der Waals surface area contributed by atoms with Gasteiger partial charge in [0.15, 0.2) is 0 Å². The molecule has 1 saturated carbocycles. The minimum absolute atomic E-state index is 0.107. The molecule has 1 aliphatic carbocycles. The number of hydrogen-bond donors (Lipinski definition) is 1. The van der Waals surface area contributed by atoms with Crippen molar-refractivity contribution >= 4 is 0 Å². The first kappa shape index (κ1) is 10.9. The van der Waals surface area contributed by atoms with Crippen molar-refractivity contribution in [2.75, 3.05) is 7.11 Å². The second-order valence-electron chi connectivity index (χ2n) is 5.09. The van der Waals surface area contributed by atoms with Crippen LogP contribution in [0.15, 0.2) is 18.2 Å². The van der Waals surface area contributed by atoms with Crippen LogP contribution in [0.1, 0.15) is 37.3 Å². The van der Waals surface area contributed by atoms with Crippen LogP contribution < -0.4 is 15.2 Å². The molecule has 1 heterocycles. The molecule has 0 radical (unpaired) electrons. The third kappa shape index (κ3) is 1.89. The highest BCUT2D eigenvalue weighted by atomic mass is 16.5. The Morgan fingerprint density at radius 1 is 1.35 bits per heavy atom. The molecule has 92 valence electrons. The maximum atomic E-state index is 6.22. The van der Waals surface area contributed by atoms with Gasteiger partial charge in [0.05, 0.1) is 7.11 Å². The third-order valence-corrected chi connectivity index (χ3v) is 4.06. The van der Waals surface area contributed by atoms with Gasteiger partial charge in [-0.25, -0.2) is 0 Å². The topological polar surface area (TPSA) is 44.5 Å². The summed E-state index contributed by atoms with van der Waals surface area (Å²) in [6.45, 7) is 0. The lowest BCUT2D eigenvalue weighted by Crippen LogP contribution is -2.38. The first-order valence-corrected chi connectivity index (χ1v) is 6.38. The number of rotatable bonds is 2. The molecule has 0 spiro atoms. The number of benzene rings is 1. The molecule has 0 bridgehead atoms. The van der Waals surface area contributed by atoms with Gasteiger partial charge in [0, 0.05) is 24.1 Å². The van der Waals surface area contributed by atoms with Crippen molar-refractivity contribution in [2.24, 2.45) is 11.7 Å². The van der Waals surface area contributed by atoms with Gasteiger partial charge in [-0.05, 0) is 24.8 Å². The minimum Gasteiger partial charge on any atom is -0.497 e. The summed E-state index contributed by atoms with van der Waals surface area (Å²) < 4.78 is 11.3. The molecule has 1 aromatic rings. The Balaban J connectivity index is 1.86. The highest BCUT2D eigenvalue weighted by Crippen LogP contribution is 2.42. The number of methoxy groups -OCH3 is 1. The van der Waals surface area contributed by atoms with Crippen LogP contribution >= 0.6 is 0 Å². The molecule has 3 nitrogen and oxygen atoms in total. The van der Waals surface area contributed by atoms with Crippen molar-refractivity contribution < 1.29 is 9.47 Å². The first-order chi connectivity index (χ1) is 8.28. The molecule has 1 fully saturated rings. The molecule has 2 aliphatic rings. The number of hydrogen-bond acceptors (Lipinski definition) is 3. The third-order valence-electron chi connectivity index (χ3n) is 4.06. The van der Waals surface area contributed by atoms with Crippen LogP contribution in [0, 0.1) is 5.92 Å². The van der Waals surface area contributed by atoms with E-state index in [0.29, 0.717) is 12.0 Å². The summed E-state index contributed by atoms with van der Waals surface area (Å²) in [5.41, 5.74) is 7.34. The van der Waals surface area contributed by atoms with Crippen molar-refractivity contribution in [2.45, 2.75) is 37.8 Å². The maximum Gasteiger partial charge on any atom is 0.128 e. The van der Waals surface area contributed by atoms with Crippen LogP contribution in [0.4, 0.5) is 0 Å². The minimum atomic E-state index is 0.107. The Hall–Kier alpha value is -1.22. The van der Waals surface area contributed by atoms with Crippen LogP contribution in [0.3, 0.4) is 0 Å². The van der Waals surface area contributed by atoms with Gasteiger partial charge in [-0.1, -0.05) is 12.5 Å². The fourth-order valence-electron chi connectivity index (χ4n) is 2.74. The van der Waals surface area contributed by atoms with Crippen LogP contribution in [0.5, 0.6) is 11.5 Å². The molecular weight excluding hydrogens is 214 g/mol. The molecule has 3 heteroatoms. The van der Waals surface area contributed by atoms with Crippen molar-refractivity contribution in [1.82, 2.24) is 0 Å². The summed E-state index contributed by atoms with van der Waals surface area (Å²) in [6, 6.07) is 6.04. The summed E-state index contributed by atoms with van der Waals surface area (Å²) in [5.74, 6) is 2.46. The molecule has 2 atom stereocenters. The molecule has 1 aliphatic heterocycles. The van der Waals surface area contributed by atoms with Crippen LogP contribution in [-0.4, -0.2) is 13.2 Å². The average Bonchev–Trinajstić information content (AvgIpc) is 2.26. The van der Waals surface area contributed by atoms with Crippen LogP contribution in [0.2, 0.25) is 0 Å². The smallest absolute Gasteiger partial charge is 0.128 e. The highest BCUT2D eigenvalue weighted by molar-refractivity contribution is 5.43. The predicted octanol–water partition coefficient (Wildman–Crippen LogP) is 2.65. The summed E-state index contributed by atoms with van der Waals surface area (Å²) in [7, 11) is 1.67. The molecule has 1 aromatic carbocycles. The van der Waals surface area contributed by atoms with Gasteiger partial charge in [-0.15, -0.1) is 0 Å².